The molecule has 78 valence electrons. The minimum Gasteiger partial charge on any atom is -0.480 e. The number of amides is 2. The smallest absolute Gasteiger partial charge is 0.326 e. The van der Waals surface area contributed by atoms with E-state index in [0.29, 0.717) is 0 Å². The quantitative estimate of drug-likeness (QED) is 0.362. The number of aldehydes is 1. The number of urea groups is 1. The molecule has 4 N–H and O–H groups in total. The van der Waals surface area contributed by atoms with Gasteiger partial charge in [0.05, 0.1) is 0 Å². The number of carboxylic acids is 1. The minimum absolute atomic E-state index is 0.100. The number of carboxylic acid groups (broad SMARTS) is 1. The van der Waals surface area contributed by atoms with Gasteiger partial charge in [-0.15, -0.1) is 0 Å². The van der Waals surface area contributed by atoms with Crippen LogP contribution in [0.1, 0.15) is 12.8 Å². The van der Waals surface area contributed by atoms with E-state index >= 15 is 0 Å². The highest BCUT2D eigenvalue weighted by Gasteiger charge is 2.19. The summed E-state index contributed by atoms with van der Waals surface area (Å²) < 4.78 is 0. The fourth-order valence-corrected chi connectivity index (χ4v) is 0.775. The molecule has 0 rings (SSSR count). The maximum Gasteiger partial charge on any atom is 0.326 e. The predicted molar refractivity (Wildman–Crippen MR) is 44.4 cm³/mol. The summed E-state index contributed by atoms with van der Waals surface area (Å²) in [5, 5.41) is 10.5. The van der Waals surface area contributed by atoms with Crippen molar-refractivity contribution in [3.05, 3.63) is 0 Å². The van der Waals surface area contributed by atoms with Crippen molar-refractivity contribution in [3.8, 4) is 0 Å². The van der Waals surface area contributed by atoms with Crippen molar-refractivity contribution in [1.82, 2.24) is 5.32 Å². The van der Waals surface area contributed by atoms with Crippen molar-refractivity contribution in [3.63, 3.8) is 0 Å². The Bertz CT molecular complexity index is 263. The van der Waals surface area contributed by atoms with Gasteiger partial charge < -0.3 is 16.2 Å². The number of aliphatic carboxylic acids is 1. The summed E-state index contributed by atoms with van der Waals surface area (Å²) in [7, 11) is 0. The summed E-state index contributed by atoms with van der Waals surface area (Å²) in [5.41, 5.74) is 4.70. The van der Waals surface area contributed by atoms with Gasteiger partial charge in [-0.2, -0.15) is 0 Å². The van der Waals surface area contributed by atoms with Crippen LogP contribution in [0.3, 0.4) is 0 Å². The van der Waals surface area contributed by atoms with E-state index in [9.17, 15) is 19.2 Å². The molecule has 0 aromatic heterocycles. The number of rotatable bonds is 6. The third-order valence-corrected chi connectivity index (χ3v) is 1.43. The van der Waals surface area contributed by atoms with Gasteiger partial charge in [-0.3, -0.25) is 9.59 Å². The van der Waals surface area contributed by atoms with Crippen LogP contribution in [-0.2, 0) is 14.4 Å². The average Bonchev–Trinajstić information content (AvgIpc) is 2.10. The molecule has 0 fully saturated rings. The van der Waals surface area contributed by atoms with E-state index in [2.05, 4.69) is 0 Å². The Morgan fingerprint density at radius 2 is 2.00 bits per heavy atom. The summed E-state index contributed by atoms with van der Waals surface area (Å²) in [6.45, 7) is 0. The molecule has 0 aliphatic carbocycles. The van der Waals surface area contributed by atoms with E-state index in [-0.39, 0.29) is 19.1 Å². The molecular formula is C7H10N2O5. The predicted octanol–water partition coefficient (Wildman–Crippen LogP) is -1.34. The standard InChI is InChI=1S/C7H10N2O5/c8-7(14)9-5(6(12)13)2-1-4(11)3-10/h3,5H,1-2H2,(H,12,13)(H3,8,9,14). The van der Waals surface area contributed by atoms with Crippen molar-refractivity contribution < 1.29 is 24.3 Å². The second-order valence-electron chi connectivity index (χ2n) is 2.52. The number of nitrogens with two attached hydrogens (primary N) is 1. The van der Waals surface area contributed by atoms with Gasteiger partial charge in [-0.1, -0.05) is 0 Å². The Balaban J connectivity index is 4.10. The molecule has 0 radical (unpaired) electrons. The number of Topliss-reactive ketones (excluding diaryl/α,β-unsaturated/α-hetero) is 1. The van der Waals surface area contributed by atoms with Gasteiger partial charge in [0.15, 0.2) is 12.1 Å². The average molecular weight is 202 g/mol. The number of ketones is 1. The van der Waals surface area contributed by atoms with Crippen LogP contribution in [-0.4, -0.2) is 35.2 Å². The van der Waals surface area contributed by atoms with Crippen LogP contribution in [0.5, 0.6) is 0 Å². The lowest BCUT2D eigenvalue weighted by Gasteiger charge is -2.10. The highest BCUT2D eigenvalue weighted by molar-refractivity contribution is 6.24. The van der Waals surface area contributed by atoms with Gasteiger partial charge in [-0.25, -0.2) is 9.59 Å². The van der Waals surface area contributed by atoms with Gasteiger partial charge in [0, 0.05) is 6.42 Å². The molecule has 7 nitrogen and oxygen atoms in total. The van der Waals surface area contributed by atoms with Crippen LogP contribution in [0.4, 0.5) is 4.79 Å². The number of hydrogen-bond acceptors (Lipinski definition) is 4. The zero-order chi connectivity index (χ0) is 11.1. The Hall–Kier alpha value is -1.92. The van der Waals surface area contributed by atoms with E-state index in [1.54, 1.807) is 0 Å². The van der Waals surface area contributed by atoms with Crippen molar-refractivity contribution in [2.75, 3.05) is 0 Å². The Kier molecular flexibility index (Phi) is 4.90. The zero-order valence-electron chi connectivity index (χ0n) is 7.23. The van der Waals surface area contributed by atoms with E-state index in [4.69, 9.17) is 10.8 Å². The van der Waals surface area contributed by atoms with Gasteiger partial charge >= 0.3 is 12.0 Å². The van der Waals surface area contributed by atoms with Crippen molar-refractivity contribution in [2.24, 2.45) is 5.73 Å². The third-order valence-electron chi connectivity index (χ3n) is 1.43. The maximum atomic E-state index is 10.5. The molecule has 7 heteroatoms. The maximum absolute atomic E-state index is 10.5. The van der Waals surface area contributed by atoms with Crippen LogP contribution < -0.4 is 11.1 Å². The van der Waals surface area contributed by atoms with Crippen LogP contribution in [0, 0.1) is 0 Å². The lowest BCUT2D eigenvalue weighted by Crippen LogP contribution is -2.43. The highest BCUT2D eigenvalue weighted by atomic mass is 16.4. The molecule has 14 heavy (non-hydrogen) atoms. The largest absolute Gasteiger partial charge is 0.480 e. The molecule has 1 atom stereocenters. The lowest BCUT2D eigenvalue weighted by atomic mass is 10.1. The molecule has 0 bridgehead atoms. The minimum atomic E-state index is -1.30. The van der Waals surface area contributed by atoms with E-state index in [1.165, 1.54) is 0 Å². The number of nitrogens with one attached hydrogen (secondary N) is 1. The summed E-state index contributed by atoms with van der Waals surface area (Å²) in [6.07, 6.45) is -0.292. The molecule has 0 aliphatic rings. The normalized spacial score (nSPS) is 11.4. The van der Waals surface area contributed by atoms with Crippen LogP contribution in [0.15, 0.2) is 0 Å². The van der Waals surface area contributed by atoms with Crippen LogP contribution in [0.2, 0.25) is 0 Å². The fourth-order valence-electron chi connectivity index (χ4n) is 0.775. The molecule has 0 aromatic carbocycles. The summed E-state index contributed by atoms with van der Waals surface area (Å²) >= 11 is 0. The molecular weight excluding hydrogens is 192 g/mol. The van der Waals surface area contributed by atoms with E-state index < -0.39 is 23.8 Å². The number of carbonyl (C=O) groups is 4. The van der Waals surface area contributed by atoms with Crippen molar-refractivity contribution >= 4 is 24.1 Å². The molecule has 0 aliphatic heterocycles. The first-order valence-electron chi connectivity index (χ1n) is 3.74. The van der Waals surface area contributed by atoms with Crippen molar-refractivity contribution in [2.45, 2.75) is 18.9 Å². The first-order chi connectivity index (χ1) is 6.47. The Morgan fingerprint density at radius 3 is 2.36 bits per heavy atom. The molecule has 0 heterocycles. The van der Waals surface area contributed by atoms with Gasteiger partial charge in [0.25, 0.3) is 0 Å². The van der Waals surface area contributed by atoms with Crippen molar-refractivity contribution in [1.29, 1.82) is 0 Å². The van der Waals surface area contributed by atoms with Crippen LogP contribution in [0.25, 0.3) is 0 Å². The molecule has 2 amide bonds. The second kappa shape index (κ2) is 5.68. The van der Waals surface area contributed by atoms with Crippen LogP contribution >= 0.6 is 0 Å². The van der Waals surface area contributed by atoms with Gasteiger partial charge in [-0.05, 0) is 6.42 Å². The van der Waals surface area contributed by atoms with Gasteiger partial charge in [0.1, 0.15) is 6.04 Å². The topological polar surface area (TPSA) is 127 Å². The molecule has 0 spiro atoms. The fraction of sp³-hybridized carbons (Fsp3) is 0.429. The SMILES string of the molecule is NC(=O)NC(CCC(=O)C=O)C(=O)O. The Labute approximate surface area is 79.3 Å². The first kappa shape index (κ1) is 12.1. The Morgan fingerprint density at radius 1 is 1.43 bits per heavy atom. The number of primary amides is 1. The summed E-state index contributed by atoms with van der Waals surface area (Å²) in [5.74, 6) is -2.02. The van der Waals surface area contributed by atoms with E-state index in [1.807, 2.05) is 5.32 Å². The zero-order valence-corrected chi connectivity index (χ0v) is 7.23. The monoisotopic (exact) mass is 202 g/mol. The number of hydrogen-bond donors (Lipinski definition) is 3. The molecule has 0 saturated carbocycles. The first-order valence-corrected chi connectivity index (χ1v) is 3.74. The lowest BCUT2D eigenvalue weighted by molar-refractivity contribution is -0.139. The number of carbonyl (C=O) groups excluding carboxylic acids is 3. The second-order valence-corrected chi connectivity index (χ2v) is 2.52. The third kappa shape index (κ3) is 4.86. The highest BCUT2D eigenvalue weighted by Crippen LogP contribution is 1.97. The van der Waals surface area contributed by atoms with Gasteiger partial charge in [0.2, 0.25) is 0 Å². The van der Waals surface area contributed by atoms with E-state index in [0.717, 1.165) is 0 Å². The molecule has 0 saturated heterocycles. The summed E-state index contributed by atoms with van der Waals surface area (Å²) in [4.78, 5) is 41.2. The molecule has 1 unspecified atom stereocenters. The molecule has 0 aromatic rings. The summed E-state index contributed by atoms with van der Waals surface area (Å²) in [6, 6.07) is -2.23.